The molecule has 1 aliphatic heterocycles. The van der Waals surface area contributed by atoms with Crippen LogP contribution in [0.4, 0.5) is 0 Å². The number of methoxy groups -OCH3 is 1. The minimum atomic E-state index is -0.557. The van der Waals surface area contributed by atoms with Crippen LogP contribution in [0.25, 0.3) is 0 Å². The second kappa shape index (κ2) is 6.43. The highest BCUT2D eigenvalue weighted by molar-refractivity contribution is 4.90. The molecule has 1 heterocycles. The Morgan fingerprint density at radius 3 is 2.60 bits per heavy atom. The minimum absolute atomic E-state index is 0.349. The molecule has 15 heavy (non-hydrogen) atoms. The third-order valence-corrected chi connectivity index (χ3v) is 2.98. The van der Waals surface area contributed by atoms with Crippen molar-refractivity contribution in [2.45, 2.75) is 37.9 Å². The van der Waals surface area contributed by atoms with E-state index in [1.807, 2.05) is 6.92 Å². The summed E-state index contributed by atoms with van der Waals surface area (Å²) in [5.41, 5.74) is -0.466. The van der Waals surface area contributed by atoms with Crippen LogP contribution in [0.3, 0.4) is 0 Å². The molecule has 0 saturated carbocycles. The van der Waals surface area contributed by atoms with Crippen molar-refractivity contribution in [3.05, 3.63) is 0 Å². The molecule has 1 unspecified atom stereocenters. The maximum absolute atomic E-state index is 10.0. The lowest BCUT2D eigenvalue weighted by Gasteiger charge is -2.39. The third kappa shape index (κ3) is 3.41. The lowest BCUT2D eigenvalue weighted by molar-refractivity contribution is -0.167. The summed E-state index contributed by atoms with van der Waals surface area (Å²) in [6.07, 6.45) is 1.88. The molecule has 4 heteroatoms. The fraction of sp³-hybridized carbons (Fsp3) is 1.00. The average Bonchev–Trinajstić information content (AvgIpc) is 2.30. The Bertz CT molecular complexity index is 166. The van der Waals surface area contributed by atoms with E-state index in [0.29, 0.717) is 26.4 Å². The highest BCUT2D eigenvalue weighted by atomic mass is 16.5. The molecule has 0 bridgehead atoms. The number of aliphatic hydroxyl groups is 1. The Morgan fingerprint density at radius 2 is 2.07 bits per heavy atom. The van der Waals surface area contributed by atoms with Gasteiger partial charge in [-0.25, -0.2) is 0 Å². The molecule has 0 aromatic carbocycles. The zero-order valence-electron chi connectivity index (χ0n) is 9.70. The Kier molecular flexibility index (Phi) is 5.53. The van der Waals surface area contributed by atoms with Crippen LogP contribution in [0.5, 0.6) is 0 Å². The molecule has 1 saturated heterocycles. The highest BCUT2D eigenvalue weighted by Gasteiger charge is 2.39. The summed E-state index contributed by atoms with van der Waals surface area (Å²) in [6, 6.07) is 0. The second-order valence-electron chi connectivity index (χ2n) is 3.97. The van der Waals surface area contributed by atoms with Gasteiger partial charge in [0, 0.05) is 39.8 Å². The largest absolute Gasteiger partial charge is 0.388 e. The van der Waals surface area contributed by atoms with Crippen LogP contribution in [0.2, 0.25) is 0 Å². The van der Waals surface area contributed by atoms with E-state index in [-0.39, 0.29) is 0 Å². The SMILES string of the molecule is CCCOCC(O)C1(OC)CCOCC1. The summed E-state index contributed by atoms with van der Waals surface area (Å²) in [6.45, 7) is 4.39. The van der Waals surface area contributed by atoms with Gasteiger partial charge >= 0.3 is 0 Å². The summed E-state index contributed by atoms with van der Waals surface area (Å²) in [5.74, 6) is 0. The number of hydrogen-bond acceptors (Lipinski definition) is 4. The topological polar surface area (TPSA) is 47.9 Å². The first-order valence-electron chi connectivity index (χ1n) is 5.64. The molecule has 1 N–H and O–H groups in total. The first-order chi connectivity index (χ1) is 7.25. The van der Waals surface area contributed by atoms with Gasteiger partial charge in [0.05, 0.1) is 6.61 Å². The molecule has 4 nitrogen and oxygen atoms in total. The van der Waals surface area contributed by atoms with Crippen LogP contribution in [0.1, 0.15) is 26.2 Å². The fourth-order valence-corrected chi connectivity index (χ4v) is 1.88. The normalized spacial score (nSPS) is 22.6. The van der Waals surface area contributed by atoms with Crippen molar-refractivity contribution in [1.29, 1.82) is 0 Å². The monoisotopic (exact) mass is 218 g/mol. The van der Waals surface area contributed by atoms with Crippen LogP contribution in [0.15, 0.2) is 0 Å². The van der Waals surface area contributed by atoms with Crippen LogP contribution in [-0.4, -0.2) is 50.3 Å². The van der Waals surface area contributed by atoms with Gasteiger partial charge in [0.2, 0.25) is 0 Å². The van der Waals surface area contributed by atoms with Crippen molar-refractivity contribution in [1.82, 2.24) is 0 Å². The molecule has 0 aromatic rings. The lowest BCUT2D eigenvalue weighted by Crippen LogP contribution is -2.50. The third-order valence-electron chi connectivity index (χ3n) is 2.98. The molecule has 0 aromatic heterocycles. The average molecular weight is 218 g/mol. The van der Waals surface area contributed by atoms with Gasteiger partial charge in [0.1, 0.15) is 11.7 Å². The standard InChI is InChI=1S/C11H22O4/c1-3-6-15-9-10(12)11(13-2)4-7-14-8-5-11/h10,12H,3-9H2,1-2H3. The molecule has 0 spiro atoms. The number of aliphatic hydroxyl groups excluding tert-OH is 1. The lowest BCUT2D eigenvalue weighted by atomic mass is 9.88. The molecule has 0 amide bonds. The van der Waals surface area contributed by atoms with Crippen molar-refractivity contribution in [3.8, 4) is 0 Å². The second-order valence-corrected chi connectivity index (χ2v) is 3.97. The van der Waals surface area contributed by atoms with Gasteiger partial charge in [-0.1, -0.05) is 6.92 Å². The number of ether oxygens (including phenoxy) is 3. The van der Waals surface area contributed by atoms with Gasteiger partial charge < -0.3 is 19.3 Å². The van der Waals surface area contributed by atoms with E-state index >= 15 is 0 Å². The Labute approximate surface area is 91.5 Å². The number of rotatable bonds is 6. The molecule has 1 fully saturated rings. The van der Waals surface area contributed by atoms with Crippen molar-refractivity contribution in [3.63, 3.8) is 0 Å². The minimum Gasteiger partial charge on any atom is -0.388 e. The maximum Gasteiger partial charge on any atom is 0.106 e. The molecule has 1 atom stereocenters. The zero-order valence-corrected chi connectivity index (χ0v) is 9.70. The van der Waals surface area contributed by atoms with Gasteiger partial charge in [-0.15, -0.1) is 0 Å². The Balaban J connectivity index is 2.40. The summed E-state index contributed by atoms with van der Waals surface area (Å²) in [7, 11) is 1.65. The van der Waals surface area contributed by atoms with E-state index in [1.54, 1.807) is 7.11 Å². The van der Waals surface area contributed by atoms with E-state index in [1.165, 1.54) is 0 Å². The smallest absolute Gasteiger partial charge is 0.106 e. The van der Waals surface area contributed by atoms with Crippen molar-refractivity contribution >= 4 is 0 Å². The Hall–Kier alpha value is -0.160. The van der Waals surface area contributed by atoms with Gasteiger partial charge in [0.15, 0.2) is 0 Å². The van der Waals surface area contributed by atoms with Crippen molar-refractivity contribution in [2.24, 2.45) is 0 Å². The van der Waals surface area contributed by atoms with Gasteiger partial charge in [0.25, 0.3) is 0 Å². The molecular formula is C11H22O4. The summed E-state index contributed by atoms with van der Waals surface area (Å²) in [5, 5.41) is 10.0. The molecule has 90 valence electrons. The molecule has 0 aliphatic carbocycles. The van der Waals surface area contributed by atoms with E-state index in [2.05, 4.69) is 0 Å². The maximum atomic E-state index is 10.0. The van der Waals surface area contributed by atoms with Gasteiger partial charge in [-0.05, 0) is 6.42 Å². The highest BCUT2D eigenvalue weighted by Crippen LogP contribution is 2.28. The summed E-state index contributed by atoms with van der Waals surface area (Å²) >= 11 is 0. The van der Waals surface area contributed by atoms with E-state index in [4.69, 9.17) is 14.2 Å². The van der Waals surface area contributed by atoms with E-state index in [9.17, 15) is 5.11 Å². The zero-order chi connectivity index (χ0) is 11.1. The quantitative estimate of drug-likeness (QED) is 0.675. The van der Waals surface area contributed by atoms with Crippen LogP contribution < -0.4 is 0 Å². The van der Waals surface area contributed by atoms with E-state index in [0.717, 1.165) is 19.3 Å². The predicted octanol–water partition coefficient (Wildman–Crippen LogP) is 0.969. The predicted molar refractivity (Wildman–Crippen MR) is 56.9 cm³/mol. The molecular weight excluding hydrogens is 196 g/mol. The van der Waals surface area contributed by atoms with E-state index < -0.39 is 11.7 Å². The number of hydrogen-bond donors (Lipinski definition) is 1. The first kappa shape index (κ1) is 12.9. The Morgan fingerprint density at radius 1 is 1.40 bits per heavy atom. The van der Waals surface area contributed by atoms with Crippen LogP contribution >= 0.6 is 0 Å². The van der Waals surface area contributed by atoms with Crippen molar-refractivity contribution < 1.29 is 19.3 Å². The van der Waals surface area contributed by atoms with Crippen LogP contribution in [0, 0.1) is 0 Å². The fourth-order valence-electron chi connectivity index (χ4n) is 1.88. The molecule has 1 aliphatic rings. The van der Waals surface area contributed by atoms with Gasteiger partial charge in [-0.3, -0.25) is 0 Å². The van der Waals surface area contributed by atoms with Crippen LogP contribution in [-0.2, 0) is 14.2 Å². The summed E-state index contributed by atoms with van der Waals surface area (Å²) < 4.78 is 16.1. The molecule has 0 radical (unpaired) electrons. The first-order valence-corrected chi connectivity index (χ1v) is 5.64. The summed E-state index contributed by atoms with van der Waals surface area (Å²) in [4.78, 5) is 0. The van der Waals surface area contributed by atoms with Crippen molar-refractivity contribution in [2.75, 3.05) is 33.5 Å². The van der Waals surface area contributed by atoms with Gasteiger partial charge in [-0.2, -0.15) is 0 Å². The molecule has 1 rings (SSSR count).